The lowest BCUT2D eigenvalue weighted by Gasteiger charge is -2.10. The summed E-state index contributed by atoms with van der Waals surface area (Å²) in [4.78, 5) is 0.322. The Kier molecular flexibility index (Phi) is 4.17. The van der Waals surface area contributed by atoms with E-state index in [1.54, 1.807) is 19.2 Å². The number of halogens is 1. The first-order valence-corrected chi connectivity index (χ1v) is 9.65. The zero-order valence-electron chi connectivity index (χ0n) is 12.7. The van der Waals surface area contributed by atoms with Gasteiger partial charge in [-0.2, -0.15) is 0 Å². The Hall–Kier alpha value is -1.85. The highest BCUT2D eigenvalue weighted by Crippen LogP contribution is 2.36. The Labute approximate surface area is 144 Å². The summed E-state index contributed by atoms with van der Waals surface area (Å²) in [7, 11) is -1.53. The quantitative estimate of drug-likeness (QED) is 0.651. The third kappa shape index (κ3) is 3.12. The molecule has 118 valence electrons. The van der Waals surface area contributed by atoms with E-state index in [9.17, 15) is 8.42 Å². The Balaban J connectivity index is 2.11. The Bertz CT molecular complexity index is 977. The van der Waals surface area contributed by atoms with Gasteiger partial charge in [-0.15, -0.1) is 0 Å². The summed E-state index contributed by atoms with van der Waals surface area (Å²) in [6, 6.07) is 16.9. The van der Waals surface area contributed by atoms with Crippen LogP contribution in [-0.4, -0.2) is 21.8 Å². The van der Waals surface area contributed by atoms with Crippen LogP contribution in [0.1, 0.15) is 0 Å². The van der Waals surface area contributed by atoms with Crippen LogP contribution in [0.4, 0.5) is 0 Å². The molecule has 3 aromatic carbocycles. The van der Waals surface area contributed by atoms with Crippen molar-refractivity contribution in [3.05, 3.63) is 59.1 Å². The van der Waals surface area contributed by atoms with Gasteiger partial charge in [-0.05, 0) is 68.2 Å². The van der Waals surface area contributed by atoms with Gasteiger partial charge < -0.3 is 4.74 Å². The Morgan fingerprint density at radius 2 is 1.65 bits per heavy atom. The Morgan fingerprint density at radius 3 is 2.26 bits per heavy atom. The number of hydrogen-bond acceptors (Lipinski definition) is 3. The second-order valence-electron chi connectivity index (χ2n) is 5.31. The summed E-state index contributed by atoms with van der Waals surface area (Å²) in [5.74, 6) is 0.814. The van der Waals surface area contributed by atoms with Crippen molar-refractivity contribution in [2.45, 2.75) is 4.90 Å². The van der Waals surface area contributed by atoms with E-state index in [-0.39, 0.29) is 0 Å². The molecule has 0 spiro atoms. The summed E-state index contributed by atoms with van der Waals surface area (Å²) < 4.78 is 29.3. The molecule has 0 saturated heterocycles. The van der Waals surface area contributed by atoms with Gasteiger partial charge in [0.05, 0.1) is 12.0 Å². The van der Waals surface area contributed by atoms with Crippen molar-refractivity contribution in [1.29, 1.82) is 0 Å². The van der Waals surface area contributed by atoms with Gasteiger partial charge in [0.1, 0.15) is 5.75 Å². The zero-order chi connectivity index (χ0) is 16.6. The van der Waals surface area contributed by atoms with Crippen molar-refractivity contribution in [1.82, 2.24) is 0 Å². The van der Waals surface area contributed by atoms with Crippen LogP contribution in [0.5, 0.6) is 5.75 Å². The van der Waals surface area contributed by atoms with Gasteiger partial charge in [-0.25, -0.2) is 8.42 Å². The van der Waals surface area contributed by atoms with Crippen LogP contribution in [0, 0.1) is 0 Å². The number of ether oxygens (including phenoxy) is 1. The van der Waals surface area contributed by atoms with Crippen LogP contribution in [-0.2, 0) is 9.84 Å². The largest absolute Gasteiger partial charge is 0.497 e. The monoisotopic (exact) mass is 390 g/mol. The number of benzene rings is 3. The second-order valence-corrected chi connectivity index (χ2v) is 8.12. The maximum atomic E-state index is 11.6. The SMILES string of the molecule is COc1ccc2c(Br)c(-c3ccc(S(C)(=O)=O)cc3)ccc2c1. The minimum atomic E-state index is -3.18. The van der Waals surface area contributed by atoms with Crippen molar-refractivity contribution in [2.75, 3.05) is 13.4 Å². The van der Waals surface area contributed by atoms with Gasteiger partial charge >= 0.3 is 0 Å². The van der Waals surface area contributed by atoms with E-state index in [0.717, 1.165) is 32.1 Å². The highest BCUT2D eigenvalue weighted by atomic mass is 79.9. The topological polar surface area (TPSA) is 43.4 Å². The summed E-state index contributed by atoms with van der Waals surface area (Å²) in [6.07, 6.45) is 1.21. The first kappa shape index (κ1) is 16.0. The van der Waals surface area contributed by atoms with Crippen molar-refractivity contribution >= 4 is 36.5 Å². The van der Waals surface area contributed by atoms with E-state index in [0.29, 0.717) is 4.90 Å². The molecule has 0 aliphatic heterocycles. The van der Waals surface area contributed by atoms with Gasteiger partial charge in [0.15, 0.2) is 9.84 Å². The number of hydrogen-bond donors (Lipinski definition) is 0. The average molecular weight is 391 g/mol. The zero-order valence-corrected chi connectivity index (χ0v) is 15.1. The molecule has 0 bridgehead atoms. The van der Waals surface area contributed by atoms with E-state index >= 15 is 0 Å². The van der Waals surface area contributed by atoms with E-state index in [4.69, 9.17) is 4.74 Å². The number of fused-ring (bicyclic) bond motifs is 1. The maximum absolute atomic E-state index is 11.6. The number of sulfone groups is 1. The average Bonchev–Trinajstić information content (AvgIpc) is 2.54. The molecule has 0 unspecified atom stereocenters. The molecule has 0 atom stereocenters. The van der Waals surface area contributed by atoms with Crippen LogP contribution in [0.15, 0.2) is 64.0 Å². The molecule has 0 radical (unpaired) electrons. The number of rotatable bonds is 3. The lowest BCUT2D eigenvalue weighted by atomic mass is 10.0. The fourth-order valence-electron chi connectivity index (χ4n) is 2.50. The molecule has 0 saturated carbocycles. The van der Waals surface area contributed by atoms with Crippen molar-refractivity contribution in [3.63, 3.8) is 0 Å². The van der Waals surface area contributed by atoms with E-state index in [1.165, 1.54) is 6.26 Å². The van der Waals surface area contributed by atoms with Gasteiger partial charge in [-0.1, -0.05) is 24.3 Å². The molecule has 5 heteroatoms. The van der Waals surface area contributed by atoms with Crippen molar-refractivity contribution in [3.8, 4) is 16.9 Å². The molecule has 0 N–H and O–H groups in total. The van der Waals surface area contributed by atoms with Crippen molar-refractivity contribution < 1.29 is 13.2 Å². The second kappa shape index (κ2) is 5.98. The smallest absolute Gasteiger partial charge is 0.175 e. The molecule has 0 fully saturated rings. The lowest BCUT2D eigenvalue weighted by Crippen LogP contribution is -1.96. The fourth-order valence-corrected chi connectivity index (χ4v) is 3.85. The standard InChI is InChI=1S/C18H15BrO3S/c1-22-14-6-10-17-13(11-14)5-9-16(18(17)19)12-3-7-15(8-4-12)23(2,20)21/h3-11H,1-2H3. The maximum Gasteiger partial charge on any atom is 0.175 e. The molecule has 0 amide bonds. The highest BCUT2D eigenvalue weighted by Gasteiger charge is 2.10. The summed E-state index contributed by atoms with van der Waals surface area (Å²) in [5, 5.41) is 2.16. The van der Waals surface area contributed by atoms with Crippen LogP contribution in [0.3, 0.4) is 0 Å². The van der Waals surface area contributed by atoms with Gasteiger partial charge in [-0.3, -0.25) is 0 Å². The summed E-state index contributed by atoms with van der Waals surface area (Å²) in [5.41, 5.74) is 1.98. The summed E-state index contributed by atoms with van der Waals surface area (Å²) >= 11 is 3.66. The highest BCUT2D eigenvalue weighted by molar-refractivity contribution is 9.10. The predicted molar refractivity (Wildman–Crippen MR) is 96.7 cm³/mol. The molecular weight excluding hydrogens is 376 g/mol. The normalized spacial score (nSPS) is 11.6. The molecule has 23 heavy (non-hydrogen) atoms. The molecule has 3 nitrogen and oxygen atoms in total. The molecule has 0 aliphatic rings. The molecule has 3 aromatic rings. The minimum absolute atomic E-state index is 0.322. The molecule has 0 aromatic heterocycles. The fraction of sp³-hybridized carbons (Fsp3) is 0.111. The third-order valence-electron chi connectivity index (χ3n) is 3.75. The lowest BCUT2D eigenvalue weighted by molar-refractivity contribution is 0.415. The molecular formula is C18H15BrO3S. The predicted octanol–water partition coefficient (Wildman–Crippen LogP) is 4.68. The van der Waals surface area contributed by atoms with E-state index < -0.39 is 9.84 Å². The van der Waals surface area contributed by atoms with Gasteiger partial charge in [0.25, 0.3) is 0 Å². The molecule has 0 aliphatic carbocycles. The van der Waals surface area contributed by atoms with E-state index in [2.05, 4.69) is 15.9 Å². The van der Waals surface area contributed by atoms with Crippen LogP contribution in [0.25, 0.3) is 21.9 Å². The first-order chi connectivity index (χ1) is 10.9. The third-order valence-corrected chi connectivity index (χ3v) is 5.74. The molecule has 0 heterocycles. The van der Waals surface area contributed by atoms with Crippen LogP contribution in [0.2, 0.25) is 0 Å². The Morgan fingerprint density at radius 1 is 0.957 bits per heavy atom. The van der Waals surface area contributed by atoms with Crippen LogP contribution >= 0.6 is 15.9 Å². The van der Waals surface area contributed by atoms with Gasteiger partial charge in [0.2, 0.25) is 0 Å². The first-order valence-electron chi connectivity index (χ1n) is 6.97. The molecule has 3 rings (SSSR count). The van der Waals surface area contributed by atoms with Gasteiger partial charge in [0, 0.05) is 10.7 Å². The van der Waals surface area contributed by atoms with Crippen molar-refractivity contribution in [2.24, 2.45) is 0 Å². The summed E-state index contributed by atoms with van der Waals surface area (Å²) in [6.45, 7) is 0. The minimum Gasteiger partial charge on any atom is -0.497 e. The van der Waals surface area contributed by atoms with Crippen LogP contribution < -0.4 is 4.74 Å². The number of methoxy groups -OCH3 is 1. The van der Waals surface area contributed by atoms with E-state index in [1.807, 2.05) is 42.5 Å².